The van der Waals surface area contributed by atoms with Crippen LogP contribution in [0.5, 0.6) is 0 Å². The number of hydrogen-bond donors (Lipinski definition) is 0. The summed E-state index contributed by atoms with van der Waals surface area (Å²) < 4.78 is 7.58. The van der Waals surface area contributed by atoms with Crippen LogP contribution in [0.15, 0.2) is 65.3 Å². The summed E-state index contributed by atoms with van der Waals surface area (Å²) in [4.78, 5) is 4.42. The van der Waals surface area contributed by atoms with Gasteiger partial charge in [0.1, 0.15) is 6.33 Å². The Hall–Kier alpha value is -3.08. The summed E-state index contributed by atoms with van der Waals surface area (Å²) in [5.74, 6) is 1.36. The molecule has 5 aromatic rings. The van der Waals surface area contributed by atoms with Gasteiger partial charge in [-0.05, 0) is 48.2 Å². The van der Waals surface area contributed by atoms with Crippen molar-refractivity contribution >= 4 is 11.1 Å². The molecule has 151 valence electrons. The minimum Gasteiger partial charge on any atom is -0.488 e. The molecule has 5 nitrogen and oxygen atoms in total. The van der Waals surface area contributed by atoms with E-state index < -0.39 is 0 Å². The second-order valence-corrected chi connectivity index (χ2v) is 7.18. The molecule has 6 heteroatoms. The Morgan fingerprint density at radius 2 is 1.67 bits per heavy atom. The minimum absolute atomic E-state index is 0. The fourth-order valence-electron chi connectivity index (χ4n) is 3.83. The number of aromatic nitrogens is 4. The molecule has 3 aromatic carbocycles. The van der Waals surface area contributed by atoms with Gasteiger partial charge in [-0.15, -0.1) is 28.9 Å². The third-order valence-electron chi connectivity index (χ3n) is 5.06. The molecule has 0 bridgehead atoms. The van der Waals surface area contributed by atoms with Crippen molar-refractivity contribution in [2.24, 2.45) is 0 Å². The number of aryl methyl sites for hydroxylation is 3. The monoisotopic (exact) mass is 572 g/mol. The summed E-state index contributed by atoms with van der Waals surface area (Å²) in [7, 11) is 0. The molecule has 30 heavy (non-hydrogen) atoms. The van der Waals surface area contributed by atoms with Gasteiger partial charge in [0.25, 0.3) is 0 Å². The van der Waals surface area contributed by atoms with E-state index in [1.54, 1.807) is 6.33 Å². The summed E-state index contributed by atoms with van der Waals surface area (Å²) in [6, 6.07) is 21.8. The molecule has 1 radical (unpaired) electrons. The number of oxazole rings is 1. The van der Waals surface area contributed by atoms with Crippen LogP contribution in [0.1, 0.15) is 17.0 Å². The Labute approximate surface area is 188 Å². The smallest absolute Gasteiger partial charge is 0.180 e. The van der Waals surface area contributed by atoms with Crippen LogP contribution in [-0.2, 0) is 20.1 Å². The van der Waals surface area contributed by atoms with E-state index in [1.807, 2.05) is 29.7 Å². The molecule has 2 heterocycles. The van der Waals surface area contributed by atoms with Crippen LogP contribution < -0.4 is 0 Å². The molecular formula is C24H19IrN4O-. The summed E-state index contributed by atoms with van der Waals surface area (Å²) in [5.41, 5.74) is 8.13. The standard InChI is InChI=1S/C24H19N4O.Ir/c1-15-11-20(18-7-5-4-6-8-18)12-16(2)23(15)28-14-25-27-24(28)19-9-10-22-21(13-19)26-17(3)29-22;/h4-8,10-14H,1-3H3;/q-1;. The predicted octanol–water partition coefficient (Wildman–Crippen LogP) is 5.47. The van der Waals surface area contributed by atoms with Crippen LogP contribution >= 0.6 is 0 Å². The Kier molecular flexibility index (Phi) is 5.37. The van der Waals surface area contributed by atoms with Gasteiger partial charge >= 0.3 is 0 Å². The molecule has 5 rings (SSSR count). The Balaban J connectivity index is 0.00000218. The first-order chi connectivity index (χ1) is 14.1. The molecule has 2 aromatic heterocycles. The van der Waals surface area contributed by atoms with Crippen LogP contribution in [0, 0.1) is 26.8 Å². The molecule has 0 atom stereocenters. The zero-order valence-electron chi connectivity index (χ0n) is 16.8. The minimum atomic E-state index is 0. The average Bonchev–Trinajstić information content (AvgIpc) is 3.33. The van der Waals surface area contributed by atoms with Gasteiger partial charge in [0, 0.05) is 38.2 Å². The summed E-state index contributed by atoms with van der Waals surface area (Å²) in [6.45, 7) is 6.07. The van der Waals surface area contributed by atoms with Crippen molar-refractivity contribution in [1.29, 1.82) is 0 Å². The van der Waals surface area contributed by atoms with Gasteiger partial charge in [-0.2, -0.15) is 5.10 Å². The fourth-order valence-corrected chi connectivity index (χ4v) is 3.83. The second kappa shape index (κ2) is 7.98. The largest absolute Gasteiger partial charge is 0.488 e. The van der Waals surface area contributed by atoms with Gasteiger partial charge in [0.2, 0.25) is 0 Å². The Bertz CT molecular complexity index is 1320. The van der Waals surface area contributed by atoms with Crippen molar-refractivity contribution < 1.29 is 24.5 Å². The topological polar surface area (TPSA) is 56.7 Å². The van der Waals surface area contributed by atoms with Gasteiger partial charge < -0.3 is 8.98 Å². The normalized spacial score (nSPS) is 10.9. The number of fused-ring (bicyclic) bond motifs is 1. The maximum absolute atomic E-state index is 5.56. The molecule has 0 fully saturated rings. The van der Waals surface area contributed by atoms with Crippen molar-refractivity contribution in [2.45, 2.75) is 20.8 Å². The summed E-state index contributed by atoms with van der Waals surface area (Å²) >= 11 is 0. The van der Waals surface area contributed by atoms with Crippen LogP contribution in [0.3, 0.4) is 0 Å². The van der Waals surface area contributed by atoms with E-state index in [0.29, 0.717) is 5.89 Å². The van der Waals surface area contributed by atoms with Crippen molar-refractivity contribution in [3.05, 3.63) is 84.0 Å². The van der Waals surface area contributed by atoms with Gasteiger partial charge in [0.15, 0.2) is 5.89 Å². The molecule has 0 saturated carbocycles. The van der Waals surface area contributed by atoms with Crippen molar-refractivity contribution in [1.82, 2.24) is 19.7 Å². The van der Waals surface area contributed by atoms with Crippen molar-refractivity contribution in [3.63, 3.8) is 0 Å². The molecule has 0 aliphatic heterocycles. The molecule has 0 saturated heterocycles. The van der Waals surface area contributed by atoms with E-state index in [9.17, 15) is 0 Å². The molecule has 0 aliphatic carbocycles. The predicted molar refractivity (Wildman–Crippen MR) is 113 cm³/mol. The van der Waals surface area contributed by atoms with Crippen molar-refractivity contribution in [3.8, 4) is 28.2 Å². The van der Waals surface area contributed by atoms with Crippen LogP contribution in [-0.4, -0.2) is 19.7 Å². The van der Waals surface area contributed by atoms with Gasteiger partial charge in [-0.25, -0.2) is 4.98 Å². The fraction of sp³-hybridized carbons (Fsp3) is 0.125. The van der Waals surface area contributed by atoms with E-state index in [0.717, 1.165) is 39.3 Å². The molecule has 0 N–H and O–H groups in total. The van der Waals surface area contributed by atoms with E-state index in [4.69, 9.17) is 4.42 Å². The molecule has 0 amide bonds. The molecule has 0 unspecified atom stereocenters. The average molecular weight is 572 g/mol. The summed E-state index contributed by atoms with van der Waals surface area (Å²) in [5, 5.41) is 8.53. The quantitative estimate of drug-likeness (QED) is 0.270. The van der Waals surface area contributed by atoms with E-state index in [-0.39, 0.29) is 20.1 Å². The number of benzene rings is 3. The zero-order chi connectivity index (χ0) is 20.0. The zero-order valence-corrected chi connectivity index (χ0v) is 19.2. The molecule has 0 aliphatic rings. The van der Waals surface area contributed by atoms with Gasteiger partial charge in [0.05, 0.1) is 11.4 Å². The Morgan fingerprint density at radius 3 is 2.40 bits per heavy atom. The third-order valence-corrected chi connectivity index (χ3v) is 5.06. The molecular weight excluding hydrogens is 553 g/mol. The van der Waals surface area contributed by atoms with Gasteiger partial charge in [-0.1, -0.05) is 30.3 Å². The van der Waals surface area contributed by atoms with E-state index >= 15 is 0 Å². The maximum Gasteiger partial charge on any atom is 0.180 e. The number of rotatable bonds is 3. The SMILES string of the molecule is Cc1nc2cc(-c3nncn3-c3c(C)cc(-c4ccccc4)cc3C)[c-]cc2o1.[Ir]. The second-order valence-electron chi connectivity index (χ2n) is 7.18. The first-order valence-electron chi connectivity index (χ1n) is 9.46. The van der Waals surface area contributed by atoms with Crippen LogP contribution in [0.2, 0.25) is 0 Å². The number of hydrogen-bond acceptors (Lipinski definition) is 4. The number of nitrogens with zero attached hydrogens (tertiary/aromatic N) is 4. The third kappa shape index (κ3) is 3.49. The first-order valence-corrected chi connectivity index (χ1v) is 9.46. The van der Waals surface area contributed by atoms with E-state index in [2.05, 4.69) is 71.5 Å². The van der Waals surface area contributed by atoms with E-state index in [1.165, 1.54) is 11.1 Å². The molecule has 0 spiro atoms. The maximum atomic E-state index is 5.56. The van der Waals surface area contributed by atoms with Gasteiger partial charge in [-0.3, -0.25) is 0 Å². The van der Waals surface area contributed by atoms with Crippen LogP contribution in [0.4, 0.5) is 0 Å². The van der Waals surface area contributed by atoms with Crippen molar-refractivity contribution in [2.75, 3.05) is 0 Å². The first kappa shape index (κ1) is 20.2. The Morgan fingerprint density at radius 1 is 0.933 bits per heavy atom. The summed E-state index contributed by atoms with van der Waals surface area (Å²) in [6.07, 6.45) is 1.75. The van der Waals surface area contributed by atoms with Crippen LogP contribution in [0.25, 0.3) is 39.3 Å².